The molecule has 0 unspecified atom stereocenters. The van der Waals surface area contributed by atoms with Crippen molar-refractivity contribution in [3.63, 3.8) is 0 Å². The highest BCUT2D eigenvalue weighted by Crippen LogP contribution is 2.27. The van der Waals surface area contributed by atoms with E-state index in [1.54, 1.807) is 14.0 Å². The fourth-order valence-electron chi connectivity index (χ4n) is 4.00. The van der Waals surface area contributed by atoms with Crippen LogP contribution in [0.2, 0.25) is 0 Å². The molecule has 1 aliphatic rings. The Morgan fingerprint density at radius 2 is 1.82 bits per heavy atom. The molecule has 2 aromatic carbocycles. The van der Waals surface area contributed by atoms with Crippen LogP contribution < -0.4 is 5.32 Å². The van der Waals surface area contributed by atoms with Crippen LogP contribution in [0.15, 0.2) is 47.4 Å². The predicted octanol–water partition coefficient (Wildman–Crippen LogP) is 3.32. The second-order valence-electron chi connectivity index (χ2n) is 8.10. The second kappa shape index (κ2) is 9.36. The first kappa shape index (κ1) is 23.0. The van der Waals surface area contributed by atoms with Crippen LogP contribution in [0.3, 0.4) is 0 Å². The summed E-state index contributed by atoms with van der Waals surface area (Å²) in [5, 5.41) is 13.7. The molecule has 1 N–H and O–H groups in total. The molecule has 1 heterocycles. The number of aryl methyl sites for hydroxylation is 1. The molecule has 1 fully saturated rings. The normalized spacial score (nSPS) is 15.0. The van der Waals surface area contributed by atoms with E-state index >= 15 is 0 Å². The molecule has 11 heteroatoms. The number of carbonyl (C=O) groups excluding carboxylic acids is 1. The number of sulfonamides is 1. The highest BCUT2D eigenvalue weighted by Gasteiger charge is 2.29. The Labute approximate surface area is 191 Å². The largest absolute Gasteiger partial charge is 0.322 e. The van der Waals surface area contributed by atoms with E-state index in [4.69, 9.17) is 0 Å². The fourth-order valence-corrected chi connectivity index (χ4v) is 5.41. The minimum atomic E-state index is -3.64. The van der Waals surface area contributed by atoms with Crippen molar-refractivity contribution in [2.24, 2.45) is 0 Å². The van der Waals surface area contributed by atoms with Crippen LogP contribution in [0.25, 0.3) is 5.69 Å². The number of nitrogens with one attached hydrogen (secondary N) is 1. The average molecular weight is 473 g/mol. The molecular formula is C22H25FN6O3S. The third-order valence-corrected chi connectivity index (χ3v) is 7.86. The molecular weight excluding hydrogens is 447 g/mol. The van der Waals surface area contributed by atoms with E-state index in [0.717, 1.165) is 32.1 Å². The minimum absolute atomic E-state index is 0.00298. The monoisotopic (exact) mass is 472 g/mol. The summed E-state index contributed by atoms with van der Waals surface area (Å²) >= 11 is 0. The zero-order valence-corrected chi connectivity index (χ0v) is 19.2. The van der Waals surface area contributed by atoms with E-state index in [9.17, 15) is 17.6 Å². The number of halogens is 1. The Balaban J connectivity index is 1.49. The first-order valence-electron chi connectivity index (χ1n) is 10.7. The first-order chi connectivity index (χ1) is 15.8. The van der Waals surface area contributed by atoms with Gasteiger partial charge >= 0.3 is 0 Å². The van der Waals surface area contributed by atoms with Crippen molar-refractivity contribution in [2.75, 3.05) is 12.4 Å². The number of hydrogen-bond donors (Lipinski definition) is 1. The fraction of sp³-hybridized carbons (Fsp3) is 0.364. The van der Waals surface area contributed by atoms with E-state index in [-0.39, 0.29) is 22.2 Å². The van der Waals surface area contributed by atoms with Crippen molar-refractivity contribution >= 4 is 21.6 Å². The minimum Gasteiger partial charge on any atom is -0.322 e. The van der Waals surface area contributed by atoms with Gasteiger partial charge in [0.2, 0.25) is 10.0 Å². The number of benzene rings is 2. The summed E-state index contributed by atoms with van der Waals surface area (Å²) in [7, 11) is -2.03. The standard InChI is InChI=1S/C22H25FN6O3S/c1-15-25-26-27-29(15)21-14-17(10-13-20(21)23)24-22(30)16-8-11-19(12-9-16)33(31,32)28(2)18-6-4-3-5-7-18/h8-14,18H,3-7H2,1-2H3,(H,24,30). The van der Waals surface area contributed by atoms with Crippen LogP contribution in [0.4, 0.5) is 10.1 Å². The number of tetrazole rings is 1. The molecule has 1 aromatic heterocycles. The third kappa shape index (κ3) is 4.79. The van der Waals surface area contributed by atoms with Gasteiger partial charge in [-0.1, -0.05) is 19.3 Å². The lowest BCUT2D eigenvalue weighted by molar-refractivity contribution is 0.102. The molecule has 1 saturated carbocycles. The molecule has 1 aliphatic carbocycles. The quantitative estimate of drug-likeness (QED) is 0.589. The van der Waals surface area contributed by atoms with Gasteiger partial charge in [-0.25, -0.2) is 12.8 Å². The molecule has 3 aromatic rings. The number of rotatable bonds is 6. The lowest BCUT2D eigenvalue weighted by Crippen LogP contribution is -2.38. The first-order valence-corrected chi connectivity index (χ1v) is 12.2. The van der Waals surface area contributed by atoms with Gasteiger partial charge in [0.25, 0.3) is 5.91 Å². The number of nitrogens with zero attached hydrogens (tertiary/aromatic N) is 5. The molecule has 0 bridgehead atoms. The van der Waals surface area contributed by atoms with Gasteiger partial charge in [-0.2, -0.15) is 8.99 Å². The lowest BCUT2D eigenvalue weighted by atomic mass is 9.96. The van der Waals surface area contributed by atoms with Crippen LogP contribution in [0.5, 0.6) is 0 Å². The van der Waals surface area contributed by atoms with E-state index < -0.39 is 21.7 Å². The number of aromatic nitrogens is 4. The highest BCUT2D eigenvalue weighted by atomic mass is 32.2. The Morgan fingerprint density at radius 1 is 1.12 bits per heavy atom. The van der Waals surface area contributed by atoms with Gasteiger partial charge in [-0.05, 0) is 72.7 Å². The summed E-state index contributed by atoms with van der Waals surface area (Å²) in [4.78, 5) is 12.8. The summed E-state index contributed by atoms with van der Waals surface area (Å²) in [6, 6.07) is 9.86. The zero-order valence-electron chi connectivity index (χ0n) is 18.4. The molecule has 0 aliphatic heterocycles. The van der Waals surface area contributed by atoms with Gasteiger partial charge in [-0.15, -0.1) is 5.10 Å². The Kier molecular flexibility index (Phi) is 6.52. The Morgan fingerprint density at radius 3 is 2.45 bits per heavy atom. The second-order valence-corrected chi connectivity index (χ2v) is 10.1. The molecule has 33 heavy (non-hydrogen) atoms. The Hall–Kier alpha value is -3.18. The van der Waals surface area contributed by atoms with Gasteiger partial charge in [-0.3, -0.25) is 4.79 Å². The SMILES string of the molecule is Cc1nnnn1-c1cc(NC(=O)c2ccc(S(=O)(=O)N(C)C3CCCCC3)cc2)ccc1F. The smallest absolute Gasteiger partial charge is 0.255 e. The maximum absolute atomic E-state index is 14.2. The van der Waals surface area contributed by atoms with E-state index in [2.05, 4.69) is 20.8 Å². The van der Waals surface area contributed by atoms with Crippen LogP contribution in [-0.4, -0.2) is 51.9 Å². The van der Waals surface area contributed by atoms with Crippen molar-refractivity contribution < 1.29 is 17.6 Å². The van der Waals surface area contributed by atoms with Gasteiger partial charge in [0.15, 0.2) is 5.82 Å². The van der Waals surface area contributed by atoms with Crippen LogP contribution in [0, 0.1) is 12.7 Å². The molecule has 0 spiro atoms. The number of carbonyl (C=O) groups is 1. The van der Waals surface area contributed by atoms with Crippen LogP contribution in [0.1, 0.15) is 48.3 Å². The van der Waals surface area contributed by atoms with Crippen LogP contribution >= 0.6 is 0 Å². The van der Waals surface area contributed by atoms with Crippen molar-refractivity contribution in [3.05, 3.63) is 59.7 Å². The number of anilines is 1. The van der Waals surface area contributed by atoms with Crippen molar-refractivity contribution in [1.29, 1.82) is 0 Å². The molecule has 0 radical (unpaired) electrons. The summed E-state index contributed by atoms with van der Waals surface area (Å²) in [5.74, 6) is -0.599. The van der Waals surface area contributed by atoms with Gasteiger partial charge in [0, 0.05) is 24.3 Å². The summed E-state index contributed by atoms with van der Waals surface area (Å²) in [5.41, 5.74) is 0.723. The maximum atomic E-state index is 14.2. The molecule has 4 rings (SSSR count). The number of amides is 1. The molecule has 1 amide bonds. The topological polar surface area (TPSA) is 110 Å². The van der Waals surface area contributed by atoms with Gasteiger partial charge in [0.1, 0.15) is 11.5 Å². The molecule has 9 nitrogen and oxygen atoms in total. The van der Waals surface area contributed by atoms with Gasteiger partial charge < -0.3 is 5.32 Å². The molecule has 0 atom stereocenters. The Bertz CT molecular complexity index is 1250. The lowest BCUT2D eigenvalue weighted by Gasteiger charge is -2.30. The third-order valence-electron chi connectivity index (χ3n) is 5.94. The predicted molar refractivity (Wildman–Crippen MR) is 120 cm³/mol. The van der Waals surface area contributed by atoms with Gasteiger partial charge in [0.05, 0.1) is 4.90 Å². The zero-order chi connectivity index (χ0) is 23.6. The summed E-state index contributed by atoms with van der Waals surface area (Å²) in [6.07, 6.45) is 4.92. The maximum Gasteiger partial charge on any atom is 0.255 e. The van der Waals surface area contributed by atoms with Crippen LogP contribution in [-0.2, 0) is 10.0 Å². The molecule has 174 valence electrons. The molecule has 0 saturated heterocycles. The summed E-state index contributed by atoms with van der Waals surface area (Å²) < 4.78 is 42.9. The van der Waals surface area contributed by atoms with Crippen molar-refractivity contribution in [3.8, 4) is 5.69 Å². The highest BCUT2D eigenvalue weighted by molar-refractivity contribution is 7.89. The van der Waals surface area contributed by atoms with E-state index in [0.29, 0.717) is 11.5 Å². The van der Waals surface area contributed by atoms with Crippen molar-refractivity contribution in [2.45, 2.75) is 50.0 Å². The van der Waals surface area contributed by atoms with E-state index in [1.165, 1.54) is 51.5 Å². The van der Waals surface area contributed by atoms with Crippen molar-refractivity contribution in [1.82, 2.24) is 24.5 Å². The average Bonchev–Trinajstić information content (AvgIpc) is 3.26. The number of hydrogen-bond acceptors (Lipinski definition) is 6. The van der Waals surface area contributed by atoms with E-state index in [1.807, 2.05) is 0 Å². The summed E-state index contributed by atoms with van der Waals surface area (Å²) in [6.45, 7) is 1.63.